The lowest BCUT2D eigenvalue weighted by atomic mass is 10.1. The molecule has 0 atom stereocenters. The molecule has 1 saturated heterocycles. The SMILES string of the molecule is COc1cccc(N2CCN(C(=O)CCC(=O)c3ccc(F)cc3)CC2)c1. The van der Waals surface area contributed by atoms with Crippen LogP contribution < -0.4 is 9.64 Å². The highest BCUT2D eigenvalue weighted by atomic mass is 19.1. The van der Waals surface area contributed by atoms with Gasteiger partial charge in [-0.25, -0.2) is 4.39 Å². The molecule has 0 aliphatic carbocycles. The minimum atomic E-state index is -0.378. The number of ketones is 1. The van der Waals surface area contributed by atoms with Crippen molar-refractivity contribution in [2.24, 2.45) is 0 Å². The van der Waals surface area contributed by atoms with Gasteiger partial charge in [-0.2, -0.15) is 0 Å². The Morgan fingerprint density at radius 1 is 1.00 bits per heavy atom. The van der Waals surface area contributed by atoms with E-state index in [-0.39, 0.29) is 30.3 Å². The van der Waals surface area contributed by atoms with E-state index in [9.17, 15) is 14.0 Å². The highest BCUT2D eigenvalue weighted by Gasteiger charge is 2.22. The quantitative estimate of drug-likeness (QED) is 0.733. The van der Waals surface area contributed by atoms with E-state index in [0.717, 1.165) is 24.5 Å². The van der Waals surface area contributed by atoms with Crippen molar-refractivity contribution in [2.75, 3.05) is 38.2 Å². The Kier molecular flexibility index (Phi) is 6.06. The summed E-state index contributed by atoms with van der Waals surface area (Å²) in [4.78, 5) is 28.6. The van der Waals surface area contributed by atoms with Crippen molar-refractivity contribution in [1.29, 1.82) is 0 Å². The average Bonchev–Trinajstić information content (AvgIpc) is 2.72. The van der Waals surface area contributed by atoms with Gasteiger partial charge >= 0.3 is 0 Å². The number of ether oxygens (including phenoxy) is 1. The Morgan fingerprint density at radius 2 is 1.70 bits per heavy atom. The van der Waals surface area contributed by atoms with E-state index >= 15 is 0 Å². The van der Waals surface area contributed by atoms with E-state index in [4.69, 9.17) is 4.74 Å². The van der Waals surface area contributed by atoms with Crippen molar-refractivity contribution in [2.45, 2.75) is 12.8 Å². The van der Waals surface area contributed by atoms with Crippen molar-refractivity contribution in [1.82, 2.24) is 4.90 Å². The smallest absolute Gasteiger partial charge is 0.223 e. The lowest BCUT2D eigenvalue weighted by molar-refractivity contribution is -0.131. The number of hydrogen-bond acceptors (Lipinski definition) is 4. The fourth-order valence-electron chi connectivity index (χ4n) is 3.18. The van der Waals surface area contributed by atoms with Crippen LogP contribution in [0.2, 0.25) is 0 Å². The summed E-state index contributed by atoms with van der Waals surface area (Å²) in [7, 11) is 1.64. The monoisotopic (exact) mass is 370 g/mol. The predicted octanol–water partition coefficient (Wildman–Crippen LogP) is 3.15. The first-order valence-electron chi connectivity index (χ1n) is 9.02. The van der Waals surface area contributed by atoms with Gasteiger partial charge in [0, 0.05) is 56.3 Å². The van der Waals surface area contributed by atoms with E-state index in [0.29, 0.717) is 18.7 Å². The number of hydrogen-bond donors (Lipinski definition) is 0. The Labute approximate surface area is 158 Å². The molecule has 0 aromatic heterocycles. The highest BCUT2D eigenvalue weighted by molar-refractivity contribution is 5.97. The number of rotatable bonds is 6. The number of carbonyl (C=O) groups excluding carboxylic acids is 2. The van der Waals surface area contributed by atoms with E-state index in [2.05, 4.69) is 4.90 Å². The third-order valence-corrected chi connectivity index (χ3v) is 4.78. The van der Waals surface area contributed by atoms with Gasteiger partial charge in [-0.15, -0.1) is 0 Å². The topological polar surface area (TPSA) is 49.9 Å². The van der Waals surface area contributed by atoms with Crippen LogP contribution in [0, 0.1) is 5.82 Å². The highest BCUT2D eigenvalue weighted by Crippen LogP contribution is 2.22. The van der Waals surface area contributed by atoms with Gasteiger partial charge in [0.15, 0.2) is 5.78 Å². The summed E-state index contributed by atoms with van der Waals surface area (Å²) in [6, 6.07) is 13.3. The molecule has 5 nitrogen and oxygen atoms in total. The van der Waals surface area contributed by atoms with E-state index in [1.165, 1.54) is 24.3 Å². The van der Waals surface area contributed by atoms with Gasteiger partial charge in [0.25, 0.3) is 0 Å². The Morgan fingerprint density at radius 3 is 2.37 bits per heavy atom. The van der Waals surface area contributed by atoms with Gasteiger partial charge in [0.2, 0.25) is 5.91 Å². The predicted molar refractivity (Wildman–Crippen MR) is 102 cm³/mol. The number of anilines is 1. The van der Waals surface area contributed by atoms with Crippen LogP contribution in [0.15, 0.2) is 48.5 Å². The number of piperazine rings is 1. The van der Waals surface area contributed by atoms with E-state index in [1.54, 1.807) is 12.0 Å². The fraction of sp³-hybridized carbons (Fsp3) is 0.333. The number of benzene rings is 2. The zero-order valence-electron chi connectivity index (χ0n) is 15.4. The number of Topliss-reactive ketones (excluding diaryl/α,β-unsaturated/α-hetero) is 1. The number of carbonyl (C=O) groups is 2. The number of nitrogens with zero attached hydrogens (tertiary/aromatic N) is 2. The van der Waals surface area contributed by atoms with Gasteiger partial charge in [0.1, 0.15) is 11.6 Å². The fourth-order valence-corrected chi connectivity index (χ4v) is 3.18. The first kappa shape index (κ1) is 18.9. The molecule has 2 aromatic rings. The van der Waals surface area contributed by atoms with Crippen LogP contribution in [-0.2, 0) is 4.79 Å². The Hall–Kier alpha value is -2.89. The molecule has 0 unspecified atom stereocenters. The molecule has 3 rings (SSSR count). The first-order valence-corrected chi connectivity index (χ1v) is 9.02. The van der Waals surface area contributed by atoms with Crippen molar-refractivity contribution >= 4 is 17.4 Å². The molecule has 1 heterocycles. The van der Waals surface area contributed by atoms with Crippen LogP contribution >= 0.6 is 0 Å². The molecule has 0 saturated carbocycles. The molecular formula is C21H23FN2O3. The van der Waals surface area contributed by atoms with Crippen molar-refractivity contribution < 1.29 is 18.7 Å². The maximum absolute atomic E-state index is 12.9. The van der Waals surface area contributed by atoms with Crippen LogP contribution in [0.3, 0.4) is 0 Å². The molecular weight excluding hydrogens is 347 g/mol. The lowest BCUT2D eigenvalue weighted by Gasteiger charge is -2.36. The van der Waals surface area contributed by atoms with Gasteiger partial charge in [0.05, 0.1) is 7.11 Å². The van der Waals surface area contributed by atoms with Gasteiger partial charge in [-0.3, -0.25) is 9.59 Å². The van der Waals surface area contributed by atoms with Gasteiger partial charge in [-0.1, -0.05) is 6.07 Å². The van der Waals surface area contributed by atoms with Crippen molar-refractivity contribution in [3.8, 4) is 5.75 Å². The minimum absolute atomic E-state index is 0.0178. The summed E-state index contributed by atoms with van der Waals surface area (Å²) in [6.45, 7) is 2.73. The van der Waals surface area contributed by atoms with Crippen LogP contribution in [0.1, 0.15) is 23.2 Å². The molecule has 27 heavy (non-hydrogen) atoms. The van der Waals surface area contributed by atoms with E-state index < -0.39 is 0 Å². The summed E-state index contributed by atoms with van der Waals surface area (Å²) in [5.41, 5.74) is 1.51. The zero-order valence-corrected chi connectivity index (χ0v) is 15.4. The Balaban J connectivity index is 1.48. The second kappa shape index (κ2) is 8.66. The minimum Gasteiger partial charge on any atom is -0.497 e. The summed E-state index contributed by atoms with van der Waals surface area (Å²) >= 11 is 0. The van der Waals surface area contributed by atoms with Crippen molar-refractivity contribution in [3.63, 3.8) is 0 Å². The molecule has 2 aromatic carbocycles. The van der Waals surface area contributed by atoms with Crippen LogP contribution in [0.25, 0.3) is 0 Å². The van der Waals surface area contributed by atoms with Gasteiger partial charge in [-0.05, 0) is 36.4 Å². The first-order chi connectivity index (χ1) is 13.1. The maximum Gasteiger partial charge on any atom is 0.223 e. The second-order valence-corrected chi connectivity index (χ2v) is 6.50. The maximum atomic E-state index is 12.9. The second-order valence-electron chi connectivity index (χ2n) is 6.50. The molecule has 0 bridgehead atoms. The average molecular weight is 370 g/mol. The summed E-state index contributed by atoms with van der Waals surface area (Å²) in [5, 5.41) is 0. The molecule has 1 amide bonds. The van der Waals surface area contributed by atoms with Crippen LogP contribution in [0.4, 0.5) is 10.1 Å². The molecule has 142 valence electrons. The third-order valence-electron chi connectivity index (χ3n) is 4.78. The number of amides is 1. The standard InChI is InChI=1S/C21H23FN2O3/c1-27-19-4-2-3-18(15-19)23-11-13-24(14-12-23)21(26)10-9-20(25)16-5-7-17(22)8-6-16/h2-8,15H,9-14H2,1H3. The number of halogens is 1. The Bertz CT molecular complexity index is 799. The van der Waals surface area contributed by atoms with Crippen LogP contribution in [0.5, 0.6) is 5.75 Å². The van der Waals surface area contributed by atoms with Gasteiger partial charge < -0.3 is 14.5 Å². The molecule has 1 fully saturated rings. The normalized spacial score (nSPS) is 14.1. The molecule has 0 spiro atoms. The summed E-state index contributed by atoms with van der Waals surface area (Å²) in [6.07, 6.45) is 0.315. The van der Waals surface area contributed by atoms with Crippen molar-refractivity contribution in [3.05, 3.63) is 59.9 Å². The molecule has 0 radical (unpaired) electrons. The third kappa shape index (κ3) is 4.84. The largest absolute Gasteiger partial charge is 0.497 e. The van der Waals surface area contributed by atoms with E-state index in [1.807, 2.05) is 24.3 Å². The molecule has 6 heteroatoms. The molecule has 1 aliphatic rings. The molecule has 1 aliphatic heterocycles. The lowest BCUT2D eigenvalue weighted by Crippen LogP contribution is -2.48. The number of methoxy groups -OCH3 is 1. The molecule has 0 N–H and O–H groups in total. The zero-order chi connectivity index (χ0) is 19.2. The van der Waals surface area contributed by atoms with Crippen LogP contribution in [-0.4, -0.2) is 49.9 Å². The summed E-state index contributed by atoms with van der Waals surface area (Å²) < 4.78 is 18.2. The summed E-state index contributed by atoms with van der Waals surface area (Å²) in [5.74, 6) is 0.274.